The van der Waals surface area contributed by atoms with Crippen molar-refractivity contribution < 1.29 is 0 Å². The van der Waals surface area contributed by atoms with E-state index in [2.05, 4.69) is 9.97 Å². The summed E-state index contributed by atoms with van der Waals surface area (Å²) in [5.74, 6) is 0. The molecule has 96 valence electrons. The van der Waals surface area contributed by atoms with Crippen LogP contribution in [-0.2, 0) is 0 Å². The Balaban J connectivity index is 1.96. The van der Waals surface area contributed by atoms with Gasteiger partial charge in [0.05, 0.1) is 16.1 Å². The summed E-state index contributed by atoms with van der Waals surface area (Å²) in [4.78, 5) is 8.58. The van der Waals surface area contributed by atoms with E-state index in [-0.39, 0.29) is 0 Å². The van der Waals surface area contributed by atoms with Gasteiger partial charge < -0.3 is 10.7 Å². The zero-order valence-corrected chi connectivity index (χ0v) is 12.0. The van der Waals surface area contributed by atoms with Gasteiger partial charge in [0.2, 0.25) is 0 Å². The number of nitrogens with one attached hydrogen (secondary N) is 1. The van der Waals surface area contributed by atoms with Crippen molar-refractivity contribution in [3.05, 3.63) is 46.4 Å². The third-order valence-electron chi connectivity index (χ3n) is 2.58. The lowest BCUT2D eigenvalue weighted by Gasteiger charge is -2.02. The van der Waals surface area contributed by atoms with Gasteiger partial charge in [0, 0.05) is 15.6 Å². The lowest BCUT2D eigenvalue weighted by atomic mass is 10.3. The average molecular weight is 310 g/mol. The highest BCUT2D eigenvalue weighted by Crippen LogP contribution is 2.34. The topological polar surface area (TPSA) is 54.7 Å². The van der Waals surface area contributed by atoms with E-state index in [9.17, 15) is 0 Å². The van der Waals surface area contributed by atoms with Gasteiger partial charge >= 0.3 is 0 Å². The zero-order valence-electron chi connectivity index (χ0n) is 9.65. The summed E-state index contributed by atoms with van der Waals surface area (Å²) < 4.78 is 0. The van der Waals surface area contributed by atoms with Crippen LogP contribution in [0, 0.1) is 0 Å². The van der Waals surface area contributed by atoms with Crippen molar-refractivity contribution >= 4 is 51.7 Å². The molecule has 1 heterocycles. The molecule has 6 heteroatoms. The number of benzene rings is 2. The number of imidazole rings is 1. The summed E-state index contributed by atoms with van der Waals surface area (Å²) in [6.07, 6.45) is 0. The monoisotopic (exact) mass is 309 g/mol. The zero-order chi connectivity index (χ0) is 13.4. The summed E-state index contributed by atoms with van der Waals surface area (Å²) in [6, 6.07) is 11.0. The van der Waals surface area contributed by atoms with Crippen LogP contribution in [0.15, 0.2) is 46.5 Å². The maximum atomic E-state index is 6.14. The Labute approximate surface area is 124 Å². The van der Waals surface area contributed by atoms with Crippen LogP contribution in [0.5, 0.6) is 0 Å². The first-order valence-electron chi connectivity index (χ1n) is 5.50. The Hall–Kier alpha value is -1.36. The maximum absolute atomic E-state index is 6.14. The minimum atomic E-state index is 0.614. The second kappa shape index (κ2) is 4.96. The van der Waals surface area contributed by atoms with Gasteiger partial charge in [-0.3, -0.25) is 0 Å². The van der Waals surface area contributed by atoms with E-state index in [1.807, 2.05) is 30.3 Å². The molecule has 0 spiro atoms. The molecular weight excluding hydrogens is 301 g/mol. The van der Waals surface area contributed by atoms with E-state index in [0.29, 0.717) is 15.7 Å². The summed E-state index contributed by atoms with van der Waals surface area (Å²) in [6.45, 7) is 0. The van der Waals surface area contributed by atoms with Crippen molar-refractivity contribution in [1.29, 1.82) is 0 Å². The summed E-state index contributed by atoms with van der Waals surface area (Å²) >= 11 is 13.5. The molecule has 1 aromatic heterocycles. The highest BCUT2D eigenvalue weighted by atomic mass is 35.5. The van der Waals surface area contributed by atoms with E-state index in [1.165, 1.54) is 11.8 Å². The van der Waals surface area contributed by atoms with Gasteiger partial charge in [-0.25, -0.2) is 4.98 Å². The average Bonchev–Trinajstić information content (AvgIpc) is 2.74. The van der Waals surface area contributed by atoms with Crippen LogP contribution >= 0.6 is 35.0 Å². The number of nitrogens with two attached hydrogens (primary N) is 1. The number of halogens is 2. The van der Waals surface area contributed by atoms with Crippen LogP contribution in [-0.4, -0.2) is 9.97 Å². The summed E-state index contributed by atoms with van der Waals surface area (Å²) in [5, 5.41) is 2.06. The van der Waals surface area contributed by atoms with E-state index in [0.717, 1.165) is 21.1 Å². The largest absolute Gasteiger partial charge is 0.399 e. The van der Waals surface area contributed by atoms with Gasteiger partial charge in [0.1, 0.15) is 0 Å². The van der Waals surface area contributed by atoms with Gasteiger partial charge in [0.15, 0.2) is 5.16 Å². The smallest absolute Gasteiger partial charge is 0.171 e. The second-order valence-corrected chi connectivity index (χ2v) is 5.87. The Morgan fingerprint density at radius 3 is 2.74 bits per heavy atom. The molecular formula is C13H9Cl2N3S. The van der Waals surface area contributed by atoms with Crippen LogP contribution in [0.3, 0.4) is 0 Å². The van der Waals surface area contributed by atoms with Crippen LogP contribution in [0.1, 0.15) is 0 Å². The van der Waals surface area contributed by atoms with Gasteiger partial charge in [0.25, 0.3) is 0 Å². The number of aromatic nitrogens is 2. The predicted molar refractivity (Wildman–Crippen MR) is 81.1 cm³/mol. The maximum Gasteiger partial charge on any atom is 0.171 e. The molecule has 0 saturated heterocycles. The van der Waals surface area contributed by atoms with Crippen molar-refractivity contribution in [2.45, 2.75) is 10.1 Å². The Morgan fingerprint density at radius 1 is 1.11 bits per heavy atom. The number of rotatable bonds is 2. The molecule has 0 amide bonds. The Morgan fingerprint density at radius 2 is 1.95 bits per heavy atom. The van der Waals surface area contributed by atoms with Crippen molar-refractivity contribution in [2.24, 2.45) is 0 Å². The SMILES string of the molecule is Nc1ccc(Sc2nc3ccc(Cl)cc3[nH]2)c(Cl)c1. The molecule has 3 rings (SSSR count). The van der Waals surface area contributed by atoms with Crippen LogP contribution in [0.25, 0.3) is 11.0 Å². The molecule has 0 bridgehead atoms. The second-order valence-electron chi connectivity index (χ2n) is 4.00. The first-order chi connectivity index (χ1) is 9.11. The fourth-order valence-corrected chi connectivity index (χ4v) is 2.99. The molecule has 0 unspecified atom stereocenters. The van der Waals surface area contributed by atoms with Crippen LogP contribution in [0.2, 0.25) is 10.0 Å². The summed E-state index contributed by atoms with van der Waals surface area (Å²) in [7, 11) is 0. The molecule has 0 atom stereocenters. The lowest BCUT2D eigenvalue weighted by Crippen LogP contribution is -1.85. The first kappa shape index (κ1) is 12.7. The predicted octanol–water partition coefficient (Wildman–Crippen LogP) is 4.60. The first-order valence-corrected chi connectivity index (χ1v) is 7.07. The van der Waals surface area contributed by atoms with E-state index >= 15 is 0 Å². The fraction of sp³-hybridized carbons (Fsp3) is 0. The van der Waals surface area contributed by atoms with Crippen LogP contribution in [0.4, 0.5) is 5.69 Å². The standard InChI is InChI=1S/C13H9Cl2N3S/c14-7-1-3-10-11(5-7)18-13(17-10)19-12-4-2-8(16)6-9(12)15/h1-6H,16H2,(H,17,18). The van der Waals surface area contributed by atoms with Gasteiger partial charge in [-0.1, -0.05) is 35.0 Å². The molecule has 0 aliphatic carbocycles. The lowest BCUT2D eigenvalue weighted by molar-refractivity contribution is 1.08. The minimum Gasteiger partial charge on any atom is -0.399 e. The number of fused-ring (bicyclic) bond motifs is 1. The number of aromatic amines is 1. The number of H-pyrrole nitrogens is 1. The van der Waals surface area contributed by atoms with Crippen molar-refractivity contribution in [3.63, 3.8) is 0 Å². The molecule has 0 aliphatic rings. The van der Waals surface area contributed by atoms with E-state index in [4.69, 9.17) is 28.9 Å². The third-order valence-corrected chi connectivity index (χ3v) is 4.21. The molecule has 3 aromatic rings. The molecule has 19 heavy (non-hydrogen) atoms. The molecule has 0 saturated carbocycles. The third kappa shape index (κ3) is 2.66. The Bertz CT molecular complexity index is 755. The molecule has 3 N–H and O–H groups in total. The van der Waals surface area contributed by atoms with E-state index in [1.54, 1.807) is 6.07 Å². The highest BCUT2D eigenvalue weighted by molar-refractivity contribution is 7.99. The molecule has 0 radical (unpaired) electrons. The number of anilines is 1. The van der Waals surface area contributed by atoms with Crippen LogP contribution < -0.4 is 5.73 Å². The van der Waals surface area contributed by atoms with Crippen molar-refractivity contribution in [2.75, 3.05) is 5.73 Å². The Kier molecular flexibility index (Phi) is 3.31. The molecule has 0 aliphatic heterocycles. The quantitative estimate of drug-likeness (QED) is 0.680. The number of nitrogen functional groups attached to an aromatic ring is 1. The number of hydrogen-bond donors (Lipinski definition) is 2. The normalized spacial score (nSPS) is 11.1. The number of hydrogen-bond acceptors (Lipinski definition) is 3. The number of nitrogens with zero attached hydrogens (tertiary/aromatic N) is 1. The summed E-state index contributed by atoms with van der Waals surface area (Å²) in [5.41, 5.74) is 8.09. The minimum absolute atomic E-state index is 0.614. The van der Waals surface area contributed by atoms with Crippen molar-refractivity contribution in [3.8, 4) is 0 Å². The highest BCUT2D eigenvalue weighted by Gasteiger charge is 2.08. The van der Waals surface area contributed by atoms with Gasteiger partial charge in [-0.2, -0.15) is 0 Å². The molecule has 2 aromatic carbocycles. The van der Waals surface area contributed by atoms with Crippen molar-refractivity contribution in [1.82, 2.24) is 9.97 Å². The van der Waals surface area contributed by atoms with Gasteiger partial charge in [-0.15, -0.1) is 0 Å². The van der Waals surface area contributed by atoms with Gasteiger partial charge in [-0.05, 0) is 36.4 Å². The fourth-order valence-electron chi connectivity index (χ4n) is 1.71. The molecule has 3 nitrogen and oxygen atoms in total. The van der Waals surface area contributed by atoms with E-state index < -0.39 is 0 Å². The molecule has 0 fully saturated rings.